The minimum Gasteiger partial charge on any atom is -0.214 e. The van der Waals surface area contributed by atoms with Gasteiger partial charge in [-0.3, -0.25) is 0 Å². The molecule has 0 atom stereocenters. The number of hydrogen-bond acceptors (Lipinski definition) is 0. The van der Waals surface area contributed by atoms with Crippen LogP contribution in [-0.4, -0.2) is 0 Å². The number of hydrogen-bond donors (Lipinski definition) is 0. The van der Waals surface area contributed by atoms with Crippen molar-refractivity contribution in [1.29, 1.82) is 0 Å². The minimum absolute atomic E-state index is 0. The fourth-order valence-corrected chi connectivity index (χ4v) is 0.321. The van der Waals surface area contributed by atoms with Crippen LogP contribution in [0.3, 0.4) is 0 Å². The van der Waals surface area contributed by atoms with Crippen LogP contribution in [-0.2, 0) is 31.0 Å². The Morgan fingerprint density at radius 2 is 1.00 bits per heavy atom. The summed E-state index contributed by atoms with van der Waals surface area (Å²) in [6, 6.07) is 10.0. The van der Waals surface area contributed by atoms with Crippen molar-refractivity contribution in [2.45, 2.75) is 0 Å². The Bertz CT molecular complexity index is 142. The van der Waals surface area contributed by atoms with Gasteiger partial charge in [-0.15, -0.1) is 0 Å². The molecule has 1 aromatic rings. The standard InChI is InChI=1S/C5H5.3CO.Fe/c1-2-4-5-3-1;3*1-2;/h1-5H;;;;/q-1;;;;+2. The van der Waals surface area contributed by atoms with Crippen LogP contribution >= 0.6 is 0 Å². The molecule has 0 heterocycles. The summed E-state index contributed by atoms with van der Waals surface area (Å²) in [5.41, 5.74) is 0. The molecule has 1 aromatic carbocycles. The van der Waals surface area contributed by atoms with E-state index in [-0.39, 0.29) is 17.1 Å². The van der Waals surface area contributed by atoms with Crippen molar-refractivity contribution in [2.24, 2.45) is 0 Å². The van der Waals surface area contributed by atoms with Gasteiger partial charge in [0.2, 0.25) is 0 Å². The van der Waals surface area contributed by atoms with Crippen LogP contribution in [0.2, 0.25) is 0 Å². The normalized spacial score (nSPS) is 3.83. The first-order valence-corrected chi connectivity index (χ1v) is 2.28. The van der Waals surface area contributed by atoms with Gasteiger partial charge in [-0.2, -0.15) is 18.2 Å². The van der Waals surface area contributed by atoms with E-state index in [9.17, 15) is 0 Å². The average molecular weight is 205 g/mol. The maximum absolute atomic E-state index is 7.50. The summed E-state index contributed by atoms with van der Waals surface area (Å²) in [5, 5.41) is 0. The van der Waals surface area contributed by atoms with Gasteiger partial charge in [-0.25, -0.2) is 12.1 Å². The summed E-state index contributed by atoms with van der Waals surface area (Å²) in [6.07, 6.45) is 0. The largest absolute Gasteiger partial charge is 2.00 e. The van der Waals surface area contributed by atoms with Gasteiger partial charge in [-0.1, -0.05) is 0 Å². The van der Waals surface area contributed by atoms with Crippen molar-refractivity contribution in [3.8, 4) is 0 Å². The van der Waals surface area contributed by atoms with Crippen LogP contribution < -0.4 is 0 Å². The maximum atomic E-state index is 7.50. The van der Waals surface area contributed by atoms with Crippen molar-refractivity contribution in [1.82, 2.24) is 0 Å². The van der Waals surface area contributed by atoms with Gasteiger partial charge < -0.3 is 0 Å². The number of rotatable bonds is 0. The zero-order valence-electron chi connectivity index (χ0n) is 5.97. The van der Waals surface area contributed by atoms with Gasteiger partial charge >= 0.3 is 51.0 Å². The van der Waals surface area contributed by atoms with Crippen LogP contribution in [0.5, 0.6) is 0 Å². The average Bonchev–Trinajstić information content (AvgIpc) is 2.71. The summed E-state index contributed by atoms with van der Waals surface area (Å²) >= 11 is 0. The Labute approximate surface area is 81.8 Å². The summed E-state index contributed by atoms with van der Waals surface area (Å²) in [6.45, 7) is 13.5. The van der Waals surface area contributed by atoms with E-state index in [2.05, 4.69) is 20.0 Å². The molecule has 0 saturated heterocycles. The van der Waals surface area contributed by atoms with Crippen LogP contribution in [0.4, 0.5) is 0 Å². The Balaban J connectivity index is -0.0000000406. The molecule has 1 rings (SSSR count). The first-order valence-electron chi connectivity index (χ1n) is 2.28. The van der Waals surface area contributed by atoms with Crippen LogP contribution in [0, 0.1) is 20.0 Å². The Morgan fingerprint density at radius 3 is 1.08 bits per heavy atom. The summed E-state index contributed by atoms with van der Waals surface area (Å²) < 4.78 is 22.5. The van der Waals surface area contributed by atoms with Crippen molar-refractivity contribution >= 4 is 0 Å². The van der Waals surface area contributed by atoms with Gasteiger partial charge in [-0.05, 0) is 0 Å². The van der Waals surface area contributed by atoms with E-state index in [1.807, 2.05) is 30.3 Å². The molecule has 0 bridgehead atoms. The SMILES string of the molecule is [C-]#[O+].[C-]#[O+].[C-]#[O+].[Fe+2].c1cc[cH-]c1. The Kier molecular flexibility index (Phi) is 93.3. The maximum Gasteiger partial charge on any atom is 2.00 e. The fourth-order valence-electron chi connectivity index (χ4n) is 0.321. The van der Waals surface area contributed by atoms with Gasteiger partial charge in [0.15, 0.2) is 0 Å². The minimum atomic E-state index is 0. The van der Waals surface area contributed by atoms with E-state index in [0.29, 0.717) is 0 Å². The van der Waals surface area contributed by atoms with Gasteiger partial charge in [0.05, 0.1) is 0 Å². The van der Waals surface area contributed by atoms with Crippen LogP contribution in [0.25, 0.3) is 0 Å². The quantitative estimate of drug-likeness (QED) is 0.348. The second-order valence-electron chi connectivity index (χ2n) is 0.962. The molecule has 12 heavy (non-hydrogen) atoms. The molecule has 62 valence electrons. The molecule has 0 aliphatic carbocycles. The zero-order chi connectivity index (χ0) is 9.54. The van der Waals surface area contributed by atoms with E-state index in [1.165, 1.54) is 0 Å². The van der Waals surface area contributed by atoms with Gasteiger partial charge in [0.1, 0.15) is 0 Å². The molecule has 3 nitrogen and oxygen atoms in total. The van der Waals surface area contributed by atoms with Crippen LogP contribution in [0.15, 0.2) is 30.3 Å². The van der Waals surface area contributed by atoms with E-state index in [1.54, 1.807) is 0 Å². The molecule has 0 aliphatic heterocycles. The molecule has 0 saturated carbocycles. The Morgan fingerprint density at radius 1 is 0.750 bits per heavy atom. The summed E-state index contributed by atoms with van der Waals surface area (Å²) in [4.78, 5) is 0. The van der Waals surface area contributed by atoms with Gasteiger partial charge in [0.25, 0.3) is 0 Å². The topological polar surface area (TPSA) is 59.7 Å². The Hall–Kier alpha value is -0.911. The molecule has 0 aromatic heterocycles. The second kappa shape index (κ2) is 49.8. The van der Waals surface area contributed by atoms with Crippen molar-refractivity contribution < 1.29 is 31.0 Å². The third-order valence-electron chi connectivity index (χ3n) is 0.556. The molecular formula is C8H5FeO3+. The second-order valence-corrected chi connectivity index (χ2v) is 0.962. The van der Waals surface area contributed by atoms with Gasteiger partial charge in [0, 0.05) is 0 Å². The first-order chi connectivity index (χ1) is 5.50. The molecule has 0 N–H and O–H groups in total. The van der Waals surface area contributed by atoms with E-state index in [4.69, 9.17) is 14.0 Å². The predicted octanol–water partition coefficient (Wildman–Crippen LogP) is 1.29. The van der Waals surface area contributed by atoms with Crippen molar-refractivity contribution in [2.75, 3.05) is 0 Å². The smallest absolute Gasteiger partial charge is 0.214 e. The first kappa shape index (κ1) is 22.5. The third kappa shape index (κ3) is 35.6. The van der Waals surface area contributed by atoms with Crippen LogP contribution in [0.1, 0.15) is 0 Å². The van der Waals surface area contributed by atoms with E-state index < -0.39 is 0 Å². The molecule has 0 radical (unpaired) electrons. The van der Waals surface area contributed by atoms with Crippen molar-refractivity contribution in [3.63, 3.8) is 0 Å². The zero-order valence-corrected chi connectivity index (χ0v) is 7.07. The molecule has 0 unspecified atom stereocenters. The summed E-state index contributed by atoms with van der Waals surface area (Å²) in [7, 11) is 0. The molecule has 0 aliphatic rings. The molecule has 0 fully saturated rings. The van der Waals surface area contributed by atoms with E-state index >= 15 is 0 Å². The predicted molar refractivity (Wildman–Crippen MR) is 33.8 cm³/mol. The summed E-state index contributed by atoms with van der Waals surface area (Å²) in [5.74, 6) is 0. The molecule has 0 amide bonds. The van der Waals surface area contributed by atoms with E-state index in [0.717, 1.165) is 0 Å². The molecule has 0 spiro atoms. The third-order valence-corrected chi connectivity index (χ3v) is 0.556. The molecule has 4 heteroatoms. The van der Waals surface area contributed by atoms with Crippen molar-refractivity contribution in [3.05, 3.63) is 50.3 Å². The fraction of sp³-hybridized carbons (Fsp3) is 0. The molecular weight excluding hydrogens is 200 g/mol. The monoisotopic (exact) mass is 205 g/mol.